The van der Waals surface area contributed by atoms with Crippen LogP contribution < -0.4 is 10.6 Å². The Morgan fingerprint density at radius 2 is 1.97 bits per heavy atom. The molecule has 0 saturated heterocycles. The minimum Gasteiger partial charge on any atom is -0.345 e. The highest BCUT2D eigenvalue weighted by molar-refractivity contribution is 9.10. The number of hydrogen-bond donors (Lipinski definition) is 2. The van der Waals surface area contributed by atoms with Crippen LogP contribution in [0.4, 0.5) is 5.69 Å². The van der Waals surface area contributed by atoms with Crippen molar-refractivity contribution < 1.29 is 9.59 Å². The molecule has 0 atom stereocenters. The number of halogens is 2. The Hall–Kier alpha value is -2.36. The van der Waals surface area contributed by atoms with Gasteiger partial charge in [0.25, 0.3) is 5.91 Å². The number of thioether (sulfide) groups is 1. The van der Waals surface area contributed by atoms with Gasteiger partial charge in [-0.1, -0.05) is 41.6 Å². The highest BCUT2D eigenvalue weighted by Crippen LogP contribution is 2.19. The molecule has 0 aliphatic rings. The van der Waals surface area contributed by atoms with Crippen LogP contribution in [0.3, 0.4) is 0 Å². The van der Waals surface area contributed by atoms with E-state index in [0.717, 1.165) is 4.47 Å². The molecule has 0 spiro atoms. The van der Waals surface area contributed by atoms with Crippen LogP contribution >= 0.6 is 39.3 Å². The van der Waals surface area contributed by atoms with Crippen LogP contribution in [0.5, 0.6) is 0 Å². The number of hydrogen-bond acceptors (Lipinski definition) is 5. The molecule has 0 saturated carbocycles. The van der Waals surface area contributed by atoms with E-state index in [1.54, 1.807) is 54.1 Å². The summed E-state index contributed by atoms with van der Waals surface area (Å²) in [5.41, 5.74) is 1.18. The Labute approximate surface area is 185 Å². The number of amides is 2. The van der Waals surface area contributed by atoms with Crippen LogP contribution in [0.25, 0.3) is 0 Å². The zero-order valence-electron chi connectivity index (χ0n) is 15.4. The van der Waals surface area contributed by atoms with Gasteiger partial charge in [0.1, 0.15) is 0 Å². The zero-order valence-corrected chi connectivity index (χ0v) is 18.5. The molecule has 29 heavy (non-hydrogen) atoms. The molecular weight excluding hydrogens is 478 g/mol. The number of carbonyl (C=O) groups excluding carboxylic acids is 2. The second-order valence-electron chi connectivity index (χ2n) is 5.97. The SMILES string of the molecule is Cn1c(CNC(=O)c2ccccc2Br)nnc1SCC(=O)Nc1cccc(Cl)c1. The first-order chi connectivity index (χ1) is 13.9. The molecule has 2 N–H and O–H groups in total. The maximum atomic E-state index is 12.3. The summed E-state index contributed by atoms with van der Waals surface area (Å²) >= 11 is 10.5. The summed E-state index contributed by atoms with van der Waals surface area (Å²) in [6.07, 6.45) is 0. The van der Waals surface area contributed by atoms with Crippen molar-refractivity contribution in [3.8, 4) is 0 Å². The molecule has 2 amide bonds. The van der Waals surface area contributed by atoms with Crippen molar-refractivity contribution in [1.82, 2.24) is 20.1 Å². The molecule has 0 fully saturated rings. The van der Waals surface area contributed by atoms with Gasteiger partial charge in [0.2, 0.25) is 5.91 Å². The fourth-order valence-electron chi connectivity index (χ4n) is 2.42. The van der Waals surface area contributed by atoms with E-state index in [1.165, 1.54) is 11.8 Å². The summed E-state index contributed by atoms with van der Waals surface area (Å²) in [7, 11) is 1.79. The molecule has 3 aromatic rings. The molecule has 2 aromatic carbocycles. The van der Waals surface area contributed by atoms with E-state index in [9.17, 15) is 9.59 Å². The van der Waals surface area contributed by atoms with Crippen molar-refractivity contribution in [1.29, 1.82) is 0 Å². The predicted octanol–water partition coefficient (Wildman–Crippen LogP) is 3.89. The lowest BCUT2D eigenvalue weighted by atomic mass is 10.2. The van der Waals surface area contributed by atoms with Crippen LogP contribution in [0.1, 0.15) is 16.2 Å². The third kappa shape index (κ3) is 5.81. The Morgan fingerprint density at radius 3 is 2.72 bits per heavy atom. The predicted molar refractivity (Wildman–Crippen MR) is 117 cm³/mol. The Kier molecular flexibility index (Phi) is 7.29. The van der Waals surface area contributed by atoms with Crippen LogP contribution in [0, 0.1) is 0 Å². The topological polar surface area (TPSA) is 88.9 Å². The Balaban J connectivity index is 1.53. The highest BCUT2D eigenvalue weighted by Gasteiger charge is 2.14. The summed E-state index contributed by atoms with van der Waals surface area (Å²) in [5.74, 6) is 0.365. The van der Waals surface area contributed by atoms with E-state index < -0.39 is 0 Å². The minimum absolute atomic E-state index is 0.168. The first-order valence-corrected chi connectivity index (χ1v) is 10.7. The quantitative estimate of drug-likeness (QED) is 0.487. The molecule has 0 unspecified atom stereocenters. The maximum Gasteiger partial charge on any atom is 0.252 e. The van der Waals surface area contributed by atoms with E-state index in [-0.39, 0.29) is 24.1 Å². The van der Waals surface area contributed by atoms with Crippen LogP contribution in [-0.4, -0.2) is 32.3 Å². The molecule has 3 rings (SSSR count). The minimum atomic E-state index is -0.212. The van der Waals surface area contributed by atoms with E-state index in [4.69, 9.17) is 11.6 Å². The fourth-order valence-corrected chi connectivity index (χ4v) is 3.80. The number of benzene rings is 2. The average molecular weight is 495 g/mol. The van der Waals surface area contributed by atoms with Gasteiger partial charge in [0.05, 0.1) is 17.9 Å². The lowest BCUT2D eigenvalue weighted by Gasteiger charge is -2.07. The molecule has 0 aliphatic carbocycles. The standard InChI is InChI=1S/C19H17BrClN5O2S/c1-26-16(10-22-18(28)14-7-2-3-8-15(14)20)24-25-19(26)29-11-17(27)23-13-6-4-5-12(21)9-13/h2-9H,10-11H2,1H3,(H,22,28)(H,23,27). The van der Waals surface area contributed by atoms with Crippen LogP contribution in [0.15, 0.2) is 58.2 Å². The fraction of sp³-hybridized carbons (Fsp3) is 0.158. The summed E-state index contributed by atoms with van der Waals surface area (Å²) < 4.78 is 2.47. The van der Waals surface area contributed by atoms with Crippen molar-refractivity contribution in [2.45, 2.75) is 11.7 Å². The molecule has 7 nitrogen and oxygen atoms in total. The van der Waals surface area contributed by atoms with Crippen LogP contribution in [0.2, 0.25) is 5.02 Å². The third-order valence-corrected chi connectivity index (χ3v) is 5.84. The molecule has 1 heterocycles. The Morgan fingerprint density at radius 1 is 1.17 bits per heavy atom. The number of aromatic nitrogens is 3. The van der Waals surface area contributed by atoms with Gasteiger partial charge in [0, 0.05) is 22.2 Å². The molecule has 150 valence electrons. The maximum absolute atomic E-state index is 12.3. The summed E-state index contributed by atoms with van der Waals surface area (Å²) in [4.78, 5) is 24.4. The second-order valence-corrected chi connectivity index (χ2v) is 8.20. The van der Waals surface area contributed by atoms with Gasteiger partial charge in [0.15, 0.2) is 11.0 Å². The number of carbonyl (C=O) groups is 2. The van der Waals surface area contributed by atoms with Crippen molar-refractivity contribution >= 4 is 56.8 Å². The molecule has 0 bridgehead atoms. The largest absolute Gasteiger partial charge is 0.345 e. The van der Waals surface area contributed by atoms with Crippen molar-refractivity contribution in [3.63, 3.8) is 0 Å². The second kappa shape index (κ2) is 9.91. The van der Waals surface area contributed by atoms with E-state index in [1.807, 2.05) is 6.07 Å². The van der Waals surface area contributed by atoms with Crippen LogP contribution in [-0.2, 0) is 18.4 Å². The van der Waals surface area contributed by atoms with Gasteiger partial charge in [-0.2, -0.15) is 0 Å². The molecular formula is C19H17BrClN5O2S. The van der Waals surface area contributed by atoms with Gasteiger partial charge in [-0.25, -0.2) is 0 Å². The highest BCUT2D eigenvalue weighted by atomic mass is 79.9. The van der Waals surface area contributed by atoms with Gasteiger partial charge in [-0.15, -0.1) is 10.2 Å². The third-order valence-electron chi connectivity index (χ3n) is 3.89. The lowest BCUT2D eigenvalue weighted by molar-refractivity contribution is -0.113. The number of rotatable bonds is 7. The normalized spacial score (nSPS) is 10.6. The first-order valence-electron chi connectivity index (χ1n) is 8.53. The molecule has 0 radical (unpaired) electrons. The van der Waals surface area contributed by atoms with Gasteiger partial charge >= 0.3 is 0 Å². The summed E-state index contributed by atoms with van der Waals surface area (Å²) in [6.45, 7) is 0.221. The summed E-state index contributed by atoms with van der Waals surface area (Å²) in [6, 6.07) is 14.1. The monoisotopic (exact) mass is 493 g/mol. The molecule has 10 heteroatoms. The number of nitrogens with zero attached hydrogens (tertiary/aromatic N) is 3. The molecule has 1 aromatic heterocycles. The zero-order chi connectivity index (χ0) is 20.8. The smallest absolute Gasteiger partial charge is 0.252 e. The van der Waals surface area contributed by atoms with E-state index >= 15 is 0 Å². The van der Waals surface area contributed by atoms with Gasteiger partial charge in [-0.3, -0.25) is 9.59 Å². The number of nitrogens with one attached hydrogen (secondary N) is 2. The van der Waals surface area contributed by atoms with Crippen molar-refractivity contribution in [2.75, 3.05) is 11.1 Å². The van der Waals surface area contributed by atoms with Crippen molar-refractivity contribution in [2.24, 2.45) is 7.05 Å². The lowest BCUT2D eigenvalue weighted by Crippen LogP contribution is -2.24. The van der Waals surface area contributed by atoms with Crippen molar-refractivity contribution in [3.05, 3.63) is 69.4 Å². The average Bonchev–Trinajstić information content (AvgIpc) is 3.04. The summed E-state index contributed by atoms with van der Waals surface area (Å²) in [5, 5.41) is 14.9. The molecule has 0 aliphatic heterocycles. The van der Waals surface area contributed by atoms with Gasteiger partial charge < -0.3 is 15.2 Å². The van der Waals surface area contributed by atoms with Gasteiger partial charge in [-0.05, 0) is 46.3 Å². The first kappa shape index (κ1) is 21.4. The number of anilines is 1. The van der Waals surface area contributed by atoms with E-state index in [0.29, 0.717) is 27.3 Å². The van der Waals surface area contributed by atoms with E-state index in [2.05, 4.69) is 36.8 Å². The Bertz CT molecular complexity index is 1040.